The van der Waals surface area contributed by atoms with Gasteiger partial charge in [-0.25, -0.2) is 4.68 Å². The van der Waals surface area contributed by atoms with E-state index in [-0.39, 0.29) is 12.0 Å². The molecule has 0 saturated carbocycles. The van der Waals surface area contributed by atoms with Crippen molar-refractivity contribution < 1.29 is 9.53 Å². The molecule has 0 radical (unpaired) electrons. The molecule has 1 aromatic heterocycles. The topological polar surface area (TPSA) is 47.4 Å². The van der Waals surface area contributed by atoms with Gasteiger partial charge < -0.3 is 9.64 Å². The van der Waals surface area contributed by atoms with Crippen LogP contribution in [-0.2, 0) is 4.74 Å². The van der Waals surface area contributed by atoms with Gasteiger partial charge in [-0.05, 0) is 31.9 Å². The second-order valence-corrected chi connectivity index (χ2v) is 7.01. The number of ether oxygens (including phenoxy) is 1. The number of para-hydroxylation sites is 1. The van der Waals surface area contributed by atoms with Gasteiger partial charge in [0.2, 0.25) is 0 Å². The molecular weight excluding hydrogens is 350 g/mol. The number of carbonyl (C=O) groups is 1. The van der Waals surface area contributed by atoms with Gasteiger partial charge in [-0.15, -0.1) is 0 Å². The lowest BCUT2D eigenvalue weighted by Gasteiger charge is -2.32. The van der Waals surface area contributed by atoms with Gasteiger partial charge in [-0.2, -0.15) is 5.10 Å². The molecule has 4 rings (SSSR count). The maximum atomic E-state index is 13.4. The van der Waals surface area contributed by atoms with E-state index in [9.17, 15) is 4.79 Å². The molecule has 1 aliphatic heterocycles. The van der Waals surface area contributed by atoms with Crippen LogP contribution >= 0.6 is 0 Å². The second kappa shape index (κ2) is 8.40. The number of likely N-dealkylation sites (tertiary alicyclic amines) is 1. The highest BCUT2D eigenvalue weighted by Crippen LogP contribution is 2.26. The lowest BCUT2D eigenvalue weighted by molar-refractivity contribution is 0.00727. The number of carbonyl (C=O) groups excluding carboxylic acids is 1. The zero-order valence-corrected chi connectivity index (χ0v) is 16.1. The Morgan fingerprint density at radius 3 is 2.54 bits per heavy atom. The summed E-state index contributed by atoms with van der Waals surface area (Å²) >= 11 is 0. The fourth-order valence-electron chi connectivity index (χ4n) is 3.72. The summed E-state index contributed by atoms with van der Waals surface area (Å²) in [5.41, 5.74) is 3.23. The van der Waals surface area contributed by atoms with Crippen molar-refractivity contribution in [3.05, 3.63) is 72.4 Å². The van der Waals surface area contributed by atoms with Crippen LogP contribution in [0.5, 0.6) is 0 Å². The summed E-state index contributed by atoms with van der Waals surface area (Å²) in [6.07, 6.45) is 3.94. The van der Waals surface area contributed by atoms with Crippen LogP contribution in [0.25, 0.3) is 16.9 Å². The Hall–Kier alpha value is -2.92. The lowest BCUT2D eigenvalue weighted by atomic mass is 10.0. The quantitative estimate of drug-likeness (QED) is 0.672. The average molecular weight is 375 g/mol. The minimum Gasteiger partial charge on any atom is -0.377 e. The summed E-state index contributed by atoms with van der Waals surface area (Å²) in [5, 5.41) is 4.76. The molecule has 3 aromatic rings. The molecule has 1 aliphatic rings. The van der Waals surface area contributed by atoms with Gasteiger partial charge in [0.05, 0.1) is 17.4 Å². The summed E-state index contributed by atoms with van der Waals surface area (Å²) in [6, 6.07) is 19.8. The number of amides is 1. The average Bonchev–Trinajstić information content (AvgIpc) is 3.20. The summed E-state index contributed by atoms with van der Waals surface area (Å²) < 4.78 is 7.56. The van der Waals surface area contributed by atoms with Crippen LogP contribution in [-0.4, -0.2) is 46.4 Å². The van der Waals surface area contributed by atoms with E-state index in [1.807, 2.05) is 78.7 Å². The molecule has 2 aromatic carbocycles. The SMILES string of the molecule is CCOC1CCCN(C(=O)c2cn(-c3ccccc3)nc2-c2ccccc2)C1. The molecule has 0 bridgehead atoms. The predicted molar refractivity (Wildman–Crippen MR) is 110 cm³/mol. The van der Waals surface area contributed by atoms with Crippen LogP contribution in [0.2, 0.25) is 0 Å². The molecule has 0 aliphatic carbocycles. The zero-order valence-electron chi connectivity index (χ0n) is 16.1. The number of rotatable bonds is 5. The van der Waals surface area contributed by atoms with Crippen molar-refractivity contribution in [3.63, 3.8) is 0 Å². The van der Waals surface area contributed by atoms with Crippen LogP contribution in [0.3, 0.4) is 0 Å². The van der Waals surface area contributed by atoms with Crippen LogP contribution in [0.15, 0.2) is 66.9 Å². The number of hydrogen-bond donors (Lipinski definition) is 0. The number of benzene rings is 2. The van der Waals surface area contributed by atoms with E-state index in [2.05, 4.69) is 0 Å². The summed E-state index contributed by atoms with van der Waals surface area (Å²) in [5.74, 6) is 0.0189. The fraction of sp³-hybridized carbons (Fsp3) is 0.304. The smallest absolute Gasteiger partial charge is 0.257 e. The molecule has 0 N–H and O–H groups in total. The Balaban J connectivity index is 1.70. The van der Waals surface area contributed by atoms with Gasteiger partial charge in [0.15, 0.2) is 0 Å². The third-order valence-corrected chi connectivity index (χ3v) is 5.08. The first-order valence-corrected chi connectivity index (χ1v) is 9.87. The standard InChI is InChI=1S/C23H25N3O2/c1-2-28-20-14-9-15-25(16-20)23(27)21-17-26(19-12-7-4-8-13-19)24-22(21)18-10-5-3-6-11-18/h3-8,10-13,17,20H,2,9,14-16H2,1H3. The Morgan fingerprint density at radius 2 is 1.82 bits per heavy atom. The number of hydrogen-bond acceptors (Lipinski definition) is 3. The molecule has 5 nitrogen and oxygen atoms in total. The first-order valence-electron chi connectivity index (χ1n) is 9.87. The Kier molecular flexibility index (Phi) is 5.53. The van der Waals surface area contributed by atoms with Gasteiger partial charge in [0, 0.05) is 31.5 Å². The van der Waals surface area contributed by atoms with Crippen molar-refractivity contribution in [2.24, 2.45) is 0 Å². The Morgan fingerprint density at radius 1 is 1.11 bits per heavy atom. The maximum absolute atomic E-state index is 13.4. The highest BCUT2D eigenvalue weighted by Gasteiger charge is 2.28. The molecule has 28 heavy (non-hydrogen) atoms. The van der Waals surface area contributed by atoms with Crippen molar-refractivity contribution in [1.82, 2.24) is 14.7 Å². The molecule has 2 heterocycles. The highest BCUT2D eigenvalue weighted by atomic mass is 16.5. The van der Waals surface area contributed by atoms with E-state index >= 15 is 0 Å². The molecule has 1 saturated heterocycles. The molecule has 1 atom stereocenters. The molecule has 144 valence electrons. The van der Waals surface area contributed by atoms with E-state index in [1.165, 1.54) is 0 Å². The molecule has 1 fully saturated rings. The minimum absolute atomic E-state index is 0.0189. The normalized spacial score (nSPS) is 16.9. The summed E-state index contributed by atoms with van der Waals surface area (Å²) in [7, 11) is 0. The number of nitrogens with zero attached hydrogens (tertiary/aromatic N) is 3. The summed E-state index contributed by atoms with van der Waals surface area (Å²) in [4.78, 5) is 15.3. The first-order chi connectivity index (χ1) is 13.8. The molecule has 1 unspecified atom stereocenters. The predicted octanol–water partition coefficient (Wildman–Crippen LogP) is 4.18. The van der Waals surface area contributed by atoms with Crippen molar-refractivity contribution in [2.45, 2.75) is 25.9 Å². The van der Waals surface area contributed by atoms with Crippen LogP contribution in [0, 0.1) is 0 Å². The lowest BCUT2D eigenvalue weighted by Crippen LogP contribution is -2.43. The van der Waals surface area contributed by atoms with E-state index in [4.69, 9.17) is 9.84 Å². The molecule has 1 amide bonds. The van der Waals surface area contributed by atoms with E-state index in [0.717, 1.165) is 30.6 Å². The number of aromatic nitrogens is 2. The van der Waals surface area contributed by atoms with Crippen LogP contribution in [0.1, 0.15) is 30.1 Å². The van der Waals surface area contributed by atoms with Crippen LogP contribution in [0.4, 0.5) is 0 Å². The molecule has 0 spiro atoms. The monoisotopic (exact) mass is 375 g/mol. The van der Waals surface area contributed by atoms with Crippen molar-refractivity contribution in [3.8, 4) is 16.9 Å². The molecular formula is C23H25N3O2. The second-order valence-electron chi connectivity index (χ2n) is 7.01. The third-order valence-electron chi connectivity index (χ3n) is 5.08. The van der Waals surface area contributed by atoms with Crippen molar-refractivity contribution in [1.29, 1.82) is 0 Å². The highest BCUT2D eigenvalue weighted by molar-refractivity contribution is 6.00. The van der Waals surface area contributed by atoms with Gasteiger partial charge in [0.1, 0.15) is 5.69 Å². The zero-order chi connectivity index (χ0) is 19.3. The first kappa shape index (κ1) is 18.4. The van der Waals surface area contributed by atoms with Gasteiger partial charge in [-0.1, -0.05) is 48.5 Å². The Bertz CT molecular complexity index is 920. The van der Waals surface area contributed by atoms with E-state index < -0.39 is 0 Å². The van der Waals surface area contributed by atoms with Gasteiger partial charge in [0.25, 0.3) is 5.91 Å². The largest absolute Gasteiger partial charge is 0.377 e. The van der Waals surface area contributed by atoms with E-state index in [0.29, 0.717) is 24.4 Å². The van der Waals surface area contributed by atoms with E-state index in [1.54, 1.807) is 4.68 Å². The maximum Gasteiger partial charge on any atom is 0.257 e. The van der Waals surface area contributed by atoms with Gasteiger partial charge in [-0.3, -0.25) is 4.79 Å². The minimum atomic E-state index is 0.0189. The number of piperidine rings is 1. The van der Waals surface area contributed by atoms with Crippen LogP contribution < -0.4 is 0 Å². The Labute approximate surface area is 165 Å². The fourth-order valence-corrected chi connectivity index (χ4v) is 3.72. The van der Waals surface area contributed by atoms with Crippen molar-refractivity contribution >= 4 is 5.91 Å². The van der Waals surface area contributed by atoms with Crippen molar-refractivity contribution in [2.75, 3.05) is 19.7 Å². The van der Waals surface area contributed by atoms with Gasteiger partial charge >= 0.3 is 0 Å². The summed E-state index contributed by atoms with van der Waals surface area (Å²) in [6.45, 7) is 4.07. The molecule has 5 heteroatoms. The third kappa shape index (κ3) is 3.85.